The monoisotopic (exact) mass is 270 g/mol. The van der Waals surface area contributed by atoms with Crippen LogP contribution in [0.25, 0.3) is 11.6 Å². The van der Waals surface area contributed by atoms with E-state index in [1.54, 1.807) is 0 Å². The highest BCUT2D eigenvalue weighted by molar-refractivity contribution is 6.39. The lowest BCUT2D eigenvalue weighted by molar-refractivity contribution is -0.138. The summed E-state index contributed by atoms with van der Waals surface area (Å²) in [6, 6.07) is 4.28. The molecule has 1 rings (SSSR count). The van der Waals surface area contributed by atoms with E-state index in [4.69, 9.17) is 5.53 Å². The first-order chi connectivity index (χ1) is 8.88. The van der Waals surface area contributed by atoms with Crippen LogP contribution in [0.1, 0.15) is 11.1 Å². The third-order valence-corrected chi connectivity index (χ3v) is 2.17. The van der Waals surface area contributed by atoms with Crippen molar-refractivity contribution in [3.63, 3.8) is 0 Å². The number of carbonyl (C=O) groups excluding carboxylic acids is 1. The maximum absolute atomic E-state index is 12.3. The molecule has 0 radical (unpaired) electrons. The van der Waals surface area contributed by atoms with Crippen LogP contribution < -0.4 is 0 Å². The molecule has 0 bridgehead atoms. The number of alkyl halides is 3. The Morgan fingerprint density at radius 3 is 2.32 bits per heavy atom. The van der Waals surface area contributed by atoms with Crippen LogP contribution in [0.3, 0.4) is 0 Å². The van der Waals surface area contributed by atoms with Crippen molar-refractivity contribution in [3.05, 3.63) is 47.0 Å². The van der Waals surface area contributed by atoms with E-state index in [9.17, 15) is 18.0 Å². The first kappa shape index (κ1) is 14.7. The number of methoxy groups -OCH3 is 1. The second-order valence-corrected chi connectivity index (χ2v) is 3.43. The van der Waals surface area contributed by atoms with E-state index in [0.29, 0.717) is 5.56 Å². The van der Waals surface area contributed by atoms with Gasteiger partial charge in [0, 0.05) is 6.08 Å². The lowest BCUT2D eigenvalue weighted by Gasteiger charge is -2.05. The summed E-state index contributed by atoms with van der Waals surface area (Å²) < 4.78 is 41.3. The Bertz CT molecular complexity index is 541. The maximum Gasteiger partial charge on any atom is 0.421 e. The number of ether oxygens (including phenoxy) is 1. The predicted octanol–water partition coefficient (Wildman–Crippen LogP) is 2.56. The van der Waals surface area contributed by atoms with E-state index >= 15 is 0 Å². The summed E-state index contributed by atoms with van der Waals surface area (Å²) in [5, 5.41) is 0. The van der Waals surface area contributed by atoms with Crippen LogP contribution in [0.15, 0.2) is 30.3 Å². The zero-order valence-corrected chi connectivity index (χ0v) is 9.81. The topological polar surface area (TPSA) is 62.7 Å². The zero-order valence-electron chi connectivity index (χ0n) is 9.81. The van der Waals surface area contributed by atoms with Gasteiger partial charge in [0.2, 0.25) is 0 Å². The van der Waals surface area contributed by atoms with Gasteiger partial charge in [0.15, 0.2) is 0 Å². The summed E-state index contributed by atoms with van der Waals surface area (Å²) in [5.74, 6) is -0.856. The fourth-order valence-corrected chi connectivity index (χ4v) is 1.21. The Morgan fingerprint density at radius 2 is 1.89 bits per heavy atom. The van der Waals surface area contributed by atoms with E-state index in [1.807, 2.05) is 0 Å². The lowest BCUT2D eigenvalue weighted by Crippen LogP contribution is -2.13. The number of halogens is 3. The van der Waals surface area contributed by atoms with Crippen molar-refractivity contribution in [3.8, 4) is 0 Å². The van der Waals surface area contributed by atoms with Gasteiger partial charge in [-0.05, 0) is 23.8 Å². The number of nitrogens with zero attached hydrogens (tertiary/aromatic N) is 2. The van der Waals surface area contributed by atoms with Crippen LogP contribution in [0.5, 0.6) is 0 Å². The number of benzene rings is 1. The second kappa shape index (κ2) is 5.97. The Morgan fingerprint density at radius 1 is 1.32 bits per heavy atom. The molecular weight excluding hydrogens is 261 g/mol. The number of hydrogen-bond donors (Lipinski definition) is 0. The third kappa shape index (κ3) is 4.08. The van der Waals surface area contributed by atoms with Gasteiger partial charge in [0.05, 0.1) is 12.7 Å². The fraction of sp³-hybridized carbons (Fsp3) is 0.167. The molecule has 0 heterocycles. The SMILES string of the molecule is COC(=O)C(/C=C/c1ccc(C(F)(F)F)cc1)=[N+]=[N-]. The highest BCUT2D eigenvalue weighted by Gasteiger charge is 2.29. The molecule has 0 aromatic heterocycles. The van der Waals surface area contributed by atoms with Gasteiger partial charge in [-0.3, -0.25) is 0 Å². The molecular formula is C12H9F3N2O2. The number of hydrogen-bond acceptors (Lipinski definition) is 2. The van der Waals surface area contributed by atoms with E-state index in [2.05, 4.69) is 9.53 Å². The van der Waals surface area contributed by atoms with Crippen LogP contribution in [0.2, 0.25) is 0 Å². The standard InChI is InChI=1S/C12H9F3N2O2/c1-19-11(18)10(17-16)7-4-8-2-5-9(6-3-8)12(13,14)15/h2-7H,1H3/b7-4+. The summed E-state index contributed by atoms with van der Waals surface area (Å²) >= 11 is 0. The van der Waals surface area contributed by atoms with Gasteiger partial charge in [-0.15, -0.1) is 0 Å². The van der Waals surface area contributed by atoms with Crippen molar-refractivity contribution in [2.75, 3.05) is 7.11 Å². The van der Waals surface area contributed by atoms with Crippen molar-refractivity contribution in [2.45, 2.75) is 6.18 Å². The van der Waals surface area contributed by atoms with Gasteiger partial charge in [-0.2, -0.15) is 18.0 Å². The average molecular weight is 270 g/mol. The lowest BCUT2D eigenvalue weighted by atomic mass is 10.1. The largest absolute Gasteiger partial charge is 0.460 e. The Balaban J connectivity index is 2.89. The minimum absolute atomic E-state index is 0.359. The quantitative estimate of drug-likeness (QED) is 0.367. The molecule has 0 amide bonds. The minimum Gasteiger partial charge on any atom is -0.460 e. The molecule has 1 aromatic carbocycles. The van der Waals surface area contributed by atoms with E-state index < -0.39 is 17.7 Å². The average Bonchev–Trinajstić information content (AvgIpc) is 2.38. The smallest absolute Gasteiger partial charge is 0.421 e. The molecule has 19 heavy (non-hydrogen) atoms. The number of rotatable bonds is 3. The first-order valence-corrected chi connectivity index (χ1v) is 5.04. The Hall–Kier alpha value is -2.40. The van der Waals surface area contributed by atoms with E-state index in [1.165, 1.54) is 18.2 Å². The molecule has 0 aliphatic carbocycles. The Labute approximate surface area is 106 Å². The molecule has 1 aromatic rings. The van der Waals surface area contributed by atoms with Crippen LogP contribution in [0, 0.1) is 0 Å². The molecule has 100 valence electrons. The molecule has 0 saturated carbocycles. The normalized spacial score (nSPS) is 11.2. The zero-order chi connectivity index (χ0) is 14.5. The van der Waals surface area contributed by atoms with E-state index in [0.717, 1.165) is 25.3 Å². The van der Waals surface area contributed by atoms with Gasteiger partial charge in [0.25, 0.3) is 0 Å². The molecule has 0 aliphatic rings. The predicted molar refractivity (Wildman–Crippen MR) is 61.1 cm³/mol. The Kier molecular flexibility index (Phi) is 4.61. The van der Waals surface area contributed by atoms with Crippen molar-refractivity contribution in [2.24, 2.45) is 0 Å². The molecule has 0 saturated heterocycles. The van der Waals surface area contributed by atoms with Crippen LogP contribution in [-0.2, 0) is 15.7 Å². The second-order valence-electron chi connectivity index (χ2n) is 3.43. The van der Waals surface area contributed by atoms with Gasteiger partial charge in [0.1, 0.15) is 0 Å². The van der Waals surface area contributed by atoms with Gasteiger partial charge < -0.3 is 10.3 Å². The van der Waals surface area contributed by atoms with Gasteiger partial charge in [-0.25, -0.2) is 4.79 Å². The minimum atomic E-state index is -4.40. The number of esters is 1. The third-order valence-electron chi connectivity index (χ3n) is 2.17. The molecule has 7 heteroatoms. The highest BCUT2D eigenvalue weighted by Crippen LogP contribution is 2.29. The summed E-state index contributed by atoms with van der Waals surface area (Å²) in [7, 11) is 1.11. The van der Waals surface area contributed by atoms with Crippen molar-refractivity contribution in [1.29, 1.82) is 0 Å². The summed E-state index contributed by atoms with van der Waals surface area (Å²) in [6.07, 6.45) is -1.94. The summed E-state index contributed by atoms with van der Waals surface area (Å²) in [5.41, 5.74) is 7.83. The fourth-order valence-electron chi connectivity index (χ4n) is 1.21. The van der Waals surface area contributed by atoms with Crippen molar-refractivity contribution < 1.29 is 27.5 Å². The van der Waals surface area contributed by atoms with Crippen LogP contribution in [-0.4, -0.2) is 23.6 Å². The van der Waals surface area contributed by atoms with Crippen LogP contribution >= 0.6 is 0 Å². The summed E-state index contributed by atoms with van der Waals surface area (Å²) in [4.78, 5) is 13.7. The van der Waals surface area contributed by atoms with Crippen molar-refractivity contribution >= 4 is 17.8 Å². The molecule has 0 spiro atoms. The van der Waals surface area contributed by atoms with Gasteiger partial charge >= 0.3 is 17.9 Å². The molecule has 0 fully saturated rings. The maximum atomic E-state index is 12.3. The highest BCUT2D eigenvalue weighted by atomic mass is 19.4. The molecule has 0 atom stereocenters. The van der Waals surface area contributed by atoms with E-state index in [-0.39, 0.29) is 5.71 Å². The molecule has 0 N–H and O–H groups in total. The first-order valence-electron chi connectivity index (χ1n) is 5.04. The number of carbonyl (C=O) groups is 1. The van der Waals surface area contributed by atoms with Gasteiger partial charge in [-0.1, -0.05) is 12.1 Å². The molecule has 0 aliphatic heterocycles. The van der Waals surface area contributed by atoms with Crippen molar-refractivity contribution in [1.82, 2.24) is 0 Å². The summed E-state index contributed by atoms with van der Waals surface area (Å²) in [6.45, 7) is 0. The van der Waals surface area contributed by atoms with Crippen LogP contribution in [0.4, 0.5) is 13.2 Å². The molecule has 0 unspecified atom stereocenters. The molecule has 4 nitrogen and oxygen atoms in total.